The molecule has 2 aromatic rings. The maximum absolute atomic E-state index is 11.5. The number of aromatic carboxylic acids is 1. The first kappa shape index (κ1) is 14.5. The summed E-state index contributed by atoms with van der Waals surface area (Å²) in [5.74, 6) is -0.845. The minimum atomic E-state index is -0.845. The number of nitrogens with one attached hydrogen (secondary N) is 1. The molecule has 1 aromatic heterocycles. The topological polar surface area (TPSA) is 58.6 Å². The second kappa shape index (κ2) is 6.13. The molecule has 1 aliphatic rings. The molecule has 3 rings (SSSR count). The predicted molar refractivity (Wildman–Crippen MR) is 84.1 cm³/mol. The van der Waals surface area contributed by atoms with Crippen molar-refractivity contribution >= 4 is 27.4 Å². The quantitative estimate of drug-likeness (QED) is 0.890. The molecule has 0 bridgehead atoms. The van der Waals surface area contributed by atoms with Crippen molar-refractivity contribution in [2.75, 3.05) is 7.11 Å². The molecule has 0 spiro atoms. The van der Waals surface area contributed by atoms with E-state index in [0.717, 1.165) is 34.9 Å². The van der Waals surface area contributed by atoms with Gasteiger partial charge >= 0.3 is 5.97 Å². The van der Waals surface area contributed by atoms with Gasteiger partial charge in [0.25, 0.3) is 0 Å². The van der Waals surface area contributed by atoms with Gasteiger partial charge in [0.2, 0.25) is 0 Å². The van der Waals surface area contributed by atoms with Gasteiger partial charge in [-0.25, -0.2) is 4.79 Å². The number of fused-ring (bicyclic) bond motifs is 1. The summed E-state index contributed by atoms with van der Waals surface area (Å²) in [4.78, 5) is 11.9. The molecule has 2 N–H and O–H groups in total. The van der Waals surface area contributed by atoms with Gasteiger partial charge in [0.05, 0.1) is 6.10 Å². The zero-order valence-electron chi connectivity index (χ0n) is 12.0. The maximum atomic E-state index is 11.5. The minimum absolute atomic E-state index is 0.239. The van der Waals surface area contributed by atoms with Crippen LogP contribution in [0.5, 0.6) is 0 Å². The van der Waals surface area contributed by atoms with Crippen molar-refractivity contribution < 1.29 is 14.6 Å². The second-order valence-electron chi connectivity index (χ2n) is 5.40. The highest BCUT2D eigenvalue weighted by atomic mass is 32.1. The Morgan fingerprint density at radius 1 is 1.43 bits per heavy atom. The highest BCUT2D eigenvalue weighted by Crippen LogP contribution is 2.32. The monoisotopic (exact) mass is 305 g/mol. The van der Waals surface area contributed by atoms with Gasteiger partial charge in [-0.05, 0) is 36.3 Å². The predicted octanol–water partition coefficient (Wildman–Crippen LogP) is 3.26. The van der Waals surface area contributed by atoms with Crippen molar-refractivity contribution in [3.05, 3.63) is 34.7 Å². The lowest BCUT2D eigenvalue weighted by Crippen LogP contribution is -2.36. The SMILES string of the molecule is COC1CCCC1NCc1c(C(=O)O)sc2ccccc12. The van der Waals surface area contributed by atoms with E-state index in [0.29, 0.717) is 17.5 Å². The Bertz CT molecular complexity index is 652. The average Bonchev–Trinajstić information content (AvgIpc) is 3.08. The summed E-state index contributed by atoms with van der Waals surface area (Å²) in [6.07, 6.45) is 3.56. The molecule has 1 aromatic carbocycles. The molecular formula is C16H19NO3S. The average molecular weight is 305 g/mol. The zero-order valence-corrected chi connectivity index (χ0v) is 12.8. The summed E-state index contributed by atoms with van der Waals surface area (Å²) in [5, 5.41) is 13.9. The number of rotatable bonds is 5. The summed E-state index contributed by atoms with van der Waals surface area (Å²) in [5.41, 5.74) is 0.893. The van der Waals surface area contributed by atoms with E-state index in [4.69, 9.17) is 4.74 Å². The molecule has 0 aliphatic heterocycles. The van der Waals surface area contributed by atoms with Gasteiger partial charge in [0, 0.05) is 24.4 Å². The van der Waals surface area contributed by atoms with Crippen LogP contribution in [0.4, 0.5) is 0 Å². The first-order valence-corrected chi connectivity index (χ1v) is 8.02. The van der Waals surface area contributed by atoms with E-state index in [9.17, 15) is 9.90 Å². The Morgan fingerprint density at radius 3 is 3.00 bits per heavy atom. The van der Waals surface area contributed by atoms with E-state index in [1.165, 1.54) is 11.3 Å². The fourth-order valence-corrected chi connectivity index (χ4v) is 4.18. The third kappa shape index (κ3) is 2.81. The van der Waals surface area contributed by atoms with Crippen LogP contribution in [0.3, 0.4) is 0 Å². The fourth-order valence-electron chi connectivity index (χ4n) is 3.12. The summed E-state index contributed by atoms with van der Waals surface area (Å²) < 4.78 is 6.51. The van der Waals surface area contributed by atoms with Gasteiger partial charge in [-0.15, -0.1) is 11.3 Å². The zero-order chi connectivity index (χ0) is 14.8. The molecule has 0 amide bonds. The Labute approximate surface area is 127 Å². The summed E-state index contributed by atoms with van der Waals surface area (Å²) >= 11 is 1.35. The lowest BCUT2D eigenvalue weighted by Gasteiger charge is -2.19. The van der Waals surface area contributed by atoms with Crippen LogP contribution in [0, 0.1) is 0 Å². The van der Waals surface area contributed by atoms with Gasteiger partial charge in [0.15, 0.2) is 0 Å². The molecule has 1 heterocycles. The van der Waals surface area contributed by atoms with E-state index in [2.05, 4.69) is 5.32 Å². The number of ether oxygens (including phenoxy) is 1. The smallest absolute Gasteiger partial charge is 0.346 e. The van der Waals surface area contributed by atoms with Gasteiger partial charge in [0.1, 0.15) is 4.88 Å². The molecule has 1 saturated carbocycles. The maximum Gasteiger partial charge on any atom is 0.346 e. The number of thiophene rings is 1. The van der Waals surface area contributed by atoms with Crippen molar-refractivity contribution in [3.8, 4) is 0 Å². The van der Waals surface area contributed by atoms with Gasteiger partial charge in [-0.2, -0.15) is 0 Å². The summed E-state index contributed by atoms with van der Waals surface area (Å²) in [6, 6.07) is 8.19. The molecule has 0 saturated heterocycles. The van der Waals surface area contributed by atoms with Gasteiger partial charge in [-0.3, -0.25) is 0 Å². The van der Waals surface area contributed by atoms with Crippen molar-refractivity contribution in [1.82, 2.24) is 5.32 Å². The Balaban J connectivity index is 1.85. The summed E-state index contributed by atoms with van der Waals surface area (Å²) in [7, 11) is 1.74. The Kier molecular flexibility index (Phi) is 4.24. The van der Waals surface area contributed by atoms with Crippen LogP contribution in [0.25, 0.3) is 10.1 Å². The number of methoxy groups -OCH3 is 1. The molecule has 0 radical (unpaired) electrons. The van der Waals surface area contributed by atoms with Crippen LogP contribution < -0.4 is 5.32 Å². The molecule has 1 fully saturated rings. The number of carbonyl (C=O) groups is 1. The van der Waals surface area contributed by atoms with Crippen LogP contribution >= 0.6 is 11.3 Å². The molecular weight excluding hydrogens is 286 g/mol. The number of carboxylic acid groups (broad SMARTS) is 1. The number of benzene rings is 1. The highest BCUT2D eigenvalue weighted by Gasteiger charge is 2.27. The van der Waals surface area contributed by atoms with Crippen LogP contribution in [0.1, 0.15) is 34.5 Å². The largest absolute Gasteiger partial charge is 0.477 e. The van der Waals surface area contributed by atoms with Crippen LogP contribution in [0.15, 0.2) is 24.3 Å². The van der Waals surface area contributed by atoms with Crippen LogP contribution in [-0.2, 0) is 11.3 Å². The number of hydrogen-bond acceptors (Lipinski definition) is 4. The first-order chi connectivity index (χ1) is 10.2. The summed E-state index contributed by atoms with van der Waals surface area (Å²) in [6.45, 7) is 0.580. The molecule has 1 aliphatic carbocycles. The van der Waals surface area contributed by atoms with Gasteiger partial charge < -0.3 is 15.2 Å². The van der Waals surface area contributed by atoms with E-state index in [-0.39, 0.29) is 6.10 Å². The highest BCUT2D eigenvalue weighted by molar-refractivity contribution is 7.21. The van der Waals surface area contributed by atoms with Crippen molar-refractivity contribution in [3.63, 3.8) is 0 Å². The molecule has 5 heteroatoms. The molecule has 2 atom stereocenters. The minimum Gasteiger partial charge on any atom is -0.477 e. The Morgan fingerprint density at radius 2 is 2.24 bits per heavy atom. The standard InChI is InChI=1S/C16H19NO3S/c1-20-13-7-4-6-12(13)17-9-11-10-5-2-3-8-14(10)21-15(11)16(18)19/h2-3,5,8,12-13,17H,4,6-7,9H2,1H3,(H,18,19). The molecule has 21 heavy (non-hydrogen) atoms. The number of hydrogen-bond donors (Lipinski definition) is 2. The lowest BCUT2D eigenvalue weighted by atomic mass is 10.1. The van der Waals surface area contributed by atoms with E-state index in [1.54, 1.807) is 7.11 Å². The second-order valence-corrected chi connectivity index (χ2v) is 6.46. The fraction of sp³-hybridized carbons (Fsp3) is 0.438. The normalized spacial score (nSPS) is 22.0. The molecule has 4 nitrogen and oxygen atoms in total. The van der Waals surface area contributed by atoms with Crippen molar-refractivity contribution in [2.45, 2.75) is 38.0 Å². The van der Waals surface area contributed by atoms with Crippen molar-refractivity contribution in [2.24, 2.45) is 0 Å². The Hall–Kier alpha value is -1.43. The van der Waals surface area contributed by atoms with E-state index >= 15 is 0 Å². The van der Waals surface area contributed by atoms with E-state index < -0.39 is 5.97 Å². The van der Waals surface area contributed by atoms with Crippen LogP contribution in [-0.4, -0.2) is 30.3 Å². The third-order valence-corrected chi connectivity index (χ3v) is 5.39. The van der Waals surface area contributed by atoms with E-state index in [1.807, 2.05) is 24.3 Å². The molecule has 2 unspecified atom stereocenters. The van der Waals surface area contributed by atoms with Crippen molar-refractivity contribution in [1.29, 1.82) is 0 Å². The first-order valence-electron chi connectivity index (χ1n) is 7.20. The molecule has 112 valence electrons. The van der Waals surface area contributed by atoms with Crippen LogP contribution in [0.2, 0.25) is 0 Å². The lowest BCUT2D eigenvalue weighted by molar-refractivity contribution is 0.0700. The third-order valence-electron chi connectivity index (χ3n) is 4.19. The number of carboxylic acids is 1. The van der Waals surface area contributed by atoms with Gasteiger partial charge in [-0.1, -0.05) is 18.2 Å².